The first kappa shape index (κ1) is 15.4. The molecule has 124 valence electrons. The molecule has 24 heavy (non-hydrogen) atoms. The van der Waals surface area contributed by atoms with E-state index in [1.807, 2.05) is 12.1 Å². The van der Waals surface area contributed by atoms with E-state index in [2.05, 4.69) is 53.8 Å². The van der Waals surface area contributed by atoms with Crippen molar-refractivity contribution in [3.63, 3.8) is 0 Å². The van der Waals surface area contributed by atoms with Crippen molar-refractivity contribution in [2.75, 3.05) is 13.2 Å². The Morgan fingerprint density at radius 1 is 1.04 bits per heavy atom. The van der Waals surface area contributed by atoms with Crippen molar-refractivity contribution >= 4 is 5.91 Å². The van der Waals surface area contributed by atoms with Crippen LogP contribution in [-0.4, -0.2) is 25.2 Å². The number of rotatable bonds is 5. The van der Waals surface area contributed by atoms with Gasteiger partial charge in [-0.25, -0.2) is 0 Å². The van der Waals surface area contributed by atoms with Gasteiger partial charge in [0.05, 0.1) is 12.0 Å². The molecule has 0 radical (unpaired) electrons. The lowest BCUT2D eigenvalue weighted by Gasteiger charge is -2.19. The van der Waals surface area contributed by atoms with Crippen molar-refractivity contribution < 1.29 is 9.53 Å². The molecular weight excluding hydrogens is 298 g/mol. The minimum atomic E-state index is -0.177. The van der Waals surface area contributed by atoms with Gasteiger partial charge in [-0.1, -0.05) is 60.7 Å². The molecule has 3 heteroatoms. The summed E-state index contributed by atoms with van der Waals surface area (Å²) in [6.45, 7) is 1.46. The number of hydrogen-bond donors (Lipinski definition) is 1. The molecule has 0 spiro atoms. The van der Waals surface area contributed by atoms with Crippen molar-refractivity contribution in [1.29, 1.82) is 0 Å². The van der Waals surface area contributed by atoms with Crippen molar-refractivity contribution in [2.45, 2.75) is 30.8 Å². The second-order valence-electron chi connectivity index (χ2n) is 6.84. The van der Waals surface area contributed by atoms with Crippen LogP contribution >= 0.6 is 0 Å². The molecule has 1 aliphatic heterocycles. The summed E-state index contributed by atoms with van der Waals surface area (Å²) in [5, 5.41) is 3.12. The molecule has 1 N–H and O–H groups in total. The maximum absolute atomic E-state index is 12.8. The standard InChI is InChI=1S/C21H23NO2/c23-20(22-15-18-12-7-13-24-18)19-14-21(19,16-8-3-1-4-9-16)17-10-5-2-6-11-17/h1-6,8-11,18-19H,7,12-15H2,(H,22,23)/t18-,19-/m0/s1. The quantitative estimate of drug-likeness (QED) is 0.918. The van der Waals surface area contributed by atoms with Gasteiger partial charge in [0, 0.05) is 18.6 Å². The van der Waals surface area contributed by atoms with Crippen LogP contribution in [0.4, 0.5) is 0 Å². The molecule has 2 atom stereocenters. The predicted octanol–water partition coefficient (Wildman–Crippen LogP) is 3.29. The molecule has 0 unspecified atom stereocenters. The minimum absolute atomic E-state index is 0.00343. The Morgan fingerprint density at radius 3 is 2.21 bits per heavy atom. The van der Waals surface area contributed by atoms with Gasteiger partial charge in [0.25, 0.3) is 0 Å². The van der Waals surface area contributed by atoms with E-state index < -0.39 is 0 Å². The molecular formula is C21H23NO2. The summed E-state index contributed by atoms with van der Waals surface area (Å²) in [5.41, 5.74) is 2.28. The highest BCUT2D eigenvalue weighted by Crippen LogP contribution is 2.58. The zero-order chi connectivity index (χ0) is 16.4. The minimum Gasteiger partial charge on any atom is -0.376 e. The summed E-state index contributed by atoms with van der Waals surface area (Å²) < 4.78 is 5.61. The van der Waals surface area contributed by atoms with Crippen LogP contribution in [0, 0.1) is 5.92 Å². The van der Waals surface area contributed by atoms with Crippen molar-refractivity contribution in [3.8, 4) is 0 Å². The number of hydrogen-bond acceptors (Lipinski definition) is 2. The average Bonchev–Trinajstić information content (AvgIpc) is 3.20. The predicted molar refractivity (Wildman–Crippen MR) is 93.8 cm³/mol. The highest BCUT2D eigenvalue weighted by atomic mass is 16.5. The molecule has 1 amide bonds. The van der Waals surface area contributed by atoms with Crippen molar-refractivity contribution in [3.05, 3.63) is 71.8 Å². The summed E-state index contributed by atoms with van der Waals surface area (Å²) in [7, 11) is 0. The molecule has 4 rings (SSSR count). The smallest absolute Gasteiger partial charge is 0.224 e. The van der Waals surface area contributed by atoms with Gasteiger partial charge in [0.1, 0.15) is 0 Å². The summed E-state index contributed by atoms with van der Waals surface area (Å²) >= 11 is 0. The number of nitrogens with one attached hydrogen (secondary N) is 1. The first-order valence-electron chi connectivity index (χ1n) is 8.81. The number of amides is 1. The summed E-state index contributed by atoms with van der Waals surface area (Å²) in [5.74, 6) is 0.155. The fourth-order valence-electron chi connectivity index (χ4n) is 4.00. The van der Waals surface area contributed by atoms with Crippen LogP contribution in [0.2, 0.25) is 0 Å². The molecule has 2 fully saturated rings. The zero-order valence-electron chi connectivity index (χ0n) is 13.8. The Bertz CT molecular complexity index is 653. The van der Waals surface area contributed by atoms with Gasteiger partial charge in [-0.15, -0.1) is 0 Å². The third-order valence-electron chi connectivity index (χ3n) is 5.38. The Kier molecular flexibility index (Phi) is 4.11. The monoisotopic (exact) mass is 321 g/mol. The topological polar surface area (TPSA) is 38.3 Å². The van der Waals surface area contributed by atoms with Crippen molar-refractivity contribution in [1.82, 2.24) is 5.32 Å². The Hall–Kier alpha value is -2.13. The molecule has 2 aromatic rings. The van der Waals surface area contributed by atoms with Gasteiger partial charge in [0.2, 0.25) is 5.91 Å². The highest BCUT2D eigenvalue weighted by Gasteiger charge is 2.60. The normalized spacial score (nSPS) is 24.5. The van der Waals surface area contributed by atoms with Crippen LogP contribution < -0.4 is 5.32 Å². The lowest BCUT2D eigenvalue weighted by molar-refractivity contribution is -0.123. The molecule has 0 bridgehead atoms. The van der Waals surface area contributed by atoms with E-state index >= 15 is 0 Å². The molecule has 1 aliphatic carbocycles. The molecule has 1 saturated heterocycles. The van der Waals surface area contributed by atoms with Crippen LogP contribution in [0.5, 0.6) is 0 Å². The van der Waals surface area contributed by atoms with E-state index in [1.165, 1.54) is 11.1 Å². The summed E-state index contributed by atoms with van der Waals surface area (Å²) in [4.78, 5) is 12.8. The Morgan fingerprint density at radius 2 is 1.67 bits per heavy atom. The molecule has 2 aliphatic rings. The second-order valence-corrected chi connectivity index (χ2v) is 6.84. The van der Waals surface area contributed by atoms with E-state index in [9.17, 15) is 4.79 Å². The van der Waals surface area contributed by atoms with Gasteiger partial charge in [-0.05, 0) is 30.4 Å². The fraction of sp³-hybridized carbons (Fsp3) is 0.381. The molecule has 0 aromatic heterocycles. The van der Waals surface area contributed by atoms with Crippen LogP contribution in [-0.2, 0) is 14.9 Å². The second kappa shape index (κ2) is 6.40. The molecule has 3 nitrogen and oxygen atoms in total. The third kappa shape index (κ3) is 2.73. The van der Waals surface area contributed by atoms with Gasteiger partial charge in [-0.2, -0.15) is 0 Å². The van der Waals surface area contributed by atoms with Crippen LogP contribution in [0.3, 0.4) is 0 Å². The SMILES string of the molecule is O=C(NC[C@@H]1CCCO1)[C@@H]1CC1(c1ccccc1)c1ccccc1. The maximum Gasteiger partial charge on any atom is 0.224 e. The van der Waals surface area contributed by atoms with E-state index in [1.54, 1.807) is 0 Å². The van der Waals surface area contributed by atoms with Gasteiger partial charge >= 0.3 is 0 Å². The fourth-order valence-corrected chi connectivity index (χ4v) is 4.00. The van der Waals surface area contributed by atoms with Crippen LogP contribution in [0.25, 0.3) is 0 Å². The molecule has 1 saturated carbocycles. The van der Waals surface area contributed by atoms with E-state index in [0.29, 0.717) is 6.54 Å². The summed E-state index contributed by atoms with van der Waals surface area (Å²) in [6, 6.07) is 20.8. The van der Waals surface area contributed by atoms with E-state index in [0.717, 1.165) is 25.9 Å². The third-order valence-corrected chi connectivity index (χ3v) is 5.38. The van der Waals surface area contributed by atoms with E-state index in [4.69, 9.17) is 4.74 Å². The van der Waals surface area contributed by atoms with E-state index in [-0.39, 0.29) is 23.3 Å². The molecule has 1 heterocycles. The highest BCUT2D eigenvalue weighted by molar-refractivity contribution is 5.86. The number of carbonyl (C=O) groups excluding carboxylic acids is 1. The molecule has 2 aromatic carbocycles. The largest absolute Gasteiger partial charge is 0.376 e. The Balaban J connectivity index is 1.54. The summed E-state index contributed by atoms with van der Waals surface area (Å²) in [6.07, 6.45) is 3.21. The first-order valence-corrected chi connectivity index (χ1v) is 8.81. The average molecular weight is 321 g/mol. The number of ether oxygens (including phenoxy) is 1. The van der Waals surface area contributed by atoms with Gasteiger partial charge in [0.15, 0.2) is 0 Å². The van der Waals surface area contributed by atoms with Gasteiger partial charge < -0.3 is 10.1 Å². The zero-order valence-corrected chi connectivity index (χ0v) is 13.8. The number of benzene rings is 2. The lowest BCUT2D eigenvalue weighted by atomic mass is 9.85. The lowest BCUT2D eigenvalue weighted by Crippen LogP contribution is -2.34. The number of carbonyl (C=O) groups is 1. The van der Waals surface area contributed by atoms with Crippen LogP contribution in [0.1, 0.15) is 30.4 Å². The van der Waals surface area contributed by atoms with Crippen molar-refractivity contribution in [2.24, 2.45) is 5.92 Å². The Labute approximate surface area is 143 Å². The first-order chi connectivity index (χ1) is 11.8. The maximum atomic E-state index is 12.8. The van der Waals surface area contributed by atoms with Crippen LogP contribution in [0.15, 0.2) is 60.7 Å². The van der Waals surface area contributed by atoms with Gasteiger partial charge in [-0.3, -0.25) is 4.79 Å².